The van der Waals surface area contributed by atoms with E-state index in [4.69, 9.17) is 27.9 Å². The molecular formula is C15H17Cl2N3O. The van der Waals surface area contributed by atoms with Gasteiger partial charge in [-0.15, -0.1) is 0 Å². The van der Waals surface area contributed by atoms with Gasteiger partial charge in [0, 0.05) is 23.6 Å². The molecule has 21 heavy (non-hydrogen) atoms. The van der Waals surface area contributed by atoms with Crippen molar-refractivity contribution in [3.63, 3.8) is 0 Å². The number of nitrogens with one attached hydrogen (secondary N) is 1. The second kappa shape index (κ2) is 6.08. The van der Waals surface area contributed by atoms with E-state index < -0.39 is 0 Å². The third-order valence-electron chi connectivity index (χ3n) is 2.74. The first-order valence-electron chi connectivity index (χ1n) is 6.50. The maximum Gasteiger partial charge on any atom is 0.224 e. The molecular weight excluding hydrogens is 309 g/mol. The van der Waals surface area contributed by atoms with E-state index in [1.165, 1.54) is 0 Å². The highest BCUT2D eigenvalue weighted by Crippen LogP contribution is 2.32. The van der Waals surface area contributed by atoms with Gasteiger partial charge < -0.3 is 10.1 Å². The molecule has 2 aromatic rings. The molecule has 0 saturated carbocycles. The van der Waals surface area contributed by atoms with Crippen molar-refractivity contribution in [2.45, 2.75) is 26.2 Å². The molecule has 0 atom stereocenters. The summed E-state index contributed by atoms with van der Waals surface area (Å²) >= 11 is 12.0. The lowest BCUT2D eigenvalue weighted by Crippen LogP contribution is -2.17. The number of anilines is 1. The van der Waals surface area contributed by atoms with Gasteiger partial charge in [0.25, 0.3) is 0 Å². The number of aromatic nitrogens is 2. The molecule has 2 rings (SSSR count). The first kappa shape index (κ1) is 15.9. The summed E-state index contributed by atoms with van der Waals surface area (Å²) in [6.45, 7) is 6.13. The Hall–Kier alpha value is -1.52. The quantitative estimate of drug-likeness (QED) is 0.870. The van der Waals surface area contributed by atoms with Gasteiger partial charge in [0.2, 0.25) is 5.88 Å². The predicted octanol–water partition coefficient (Wildman–Crippen LogP) is 4.91. The number of nitrogens with zero attached hydrogens (tertiary/aromatic N) is 2. The Balaban J connectivity index is 2.39. The zero-order valence-electron chi connectivity index (χ0n) is 12.4. The summed E-state index contributed by atoms with van der Waals surface area (Å²) in [6.07, 6.45) is 0. The molecule has 0 unspecified atom stereocenters. The van der Waals surface area contributed by atoms with E-state index in [0.29, 0.717) is 33.3 Å². The van der Waals surface area contributed by atoms with Gasteiger partial charge in [-0.05, 0) is 18.2 Å². The van der Waals surface area contributed by atoms with Crippen LogP contribution in [-0.4, -0.2) is 17.0 Å². The average Bonchev–Trinajstić information content (AvgIpc) is 2.40. The molecule has 0 saturated heterocycles. The average molecular weight is 326 g/mol. The van der Waals surface area contributed by atoms with Gasteiger partial charge in [-0.25, -0.2) is 4.98 Å². The SMILES string of the molecule is CNc1cc(Oc2ccc(Cl)cc2Cl)nc(C(C)(C)C)n1. The largest absolute Gasteiger partial charge is 0.437 e. The summed E-state index contributed by atoms with van der Waals surface area (Å²) in [7, 11) is 1.80. The standard InChI is InChI=1S/C15H17Cl2N3O/c1-15(2,3)14-19-12(18-4)8-13(20-14)21-11-6-5-9(16)7-10(11)17/h5-8H,1-4H3,(H,18,19,20). The highest BCUT2D eigenvalue weighted by atomic mass is 35.5. The number of ether oxygens (including phenoxy) is 1. The van der Waals surface area contributed by atoms with E-state index in [0.717, 1.165) is 0 Å². The maximum atomic E-state index is 6.11. The van der Waals surface area contributed by atoms with Crippen molar-refractivity contribution in [2.24, 2.45) is 0 Å². The van der Waals surface area contributed by atoms with Gasteiger partial charge in [0.15, 0.2) is 0 Å². The molecule has 0 aliphatic carbocycles. The van der Waals surface area contributed by atoms with E-state index in [2.05, 4.69) is 15.3 Å². The van der Waals surface area contributed by atoms with Crippen LogP contribution < -0.4 is 10.1 Å². The van der Waals surface area contributed by atoms with Crippen LogP contribution in [0.3, 0.4) is 0 Å². The molecule has 1 aromatic heterocycles. The van der Waals surface area contributed by atoms with E-state index in [9.17, 15) is 0 Å². The van der Waals surface area contributed by atoms with Crippen LogP contribution in [-0.2, 0) is 5.41 Å². The van der Waals surface area contributed by atoms with E-state index in [1.807, 2.05) is 20.8 Å². The van der Waals surface area contributed by atoms with Gasteiger partial charge in [-0.2, -0.15) is 4.98 Å². The fourth-order valence-corrected chi connectivity index (χ4v) is 2.06. The molecule has 1 aromatic carbocycles. The number of rotatable bonds is 3. The maximum absolute atomic E-state index is 6.11. The molecule has 0 bridgehead atoms. The van der Waals surface area contributed by atoms with E-state index in [1.54, 1.807) is 31.3 Å². The second-order valence-electron chi connectivity index (χ2n) is 5.59. The van der Waals surface area contributed by atoms with Crippen molar-refractivity contribution in [1.29, 1.82) is 0 Å². The molecule has 0 spiro atoms. The topological polar surface area (TPSA) is 47.0 Å². The van der Waals surface area contributed by atoms with Gasteiger partial charge in [0.1, 0.15) is 17.4 Å². The molecule has 0 aliphatic heterocycles. The minimum absolute atomic E-state index is 0.186. The monoisotopic (exact) mass is 325 g/mol. The van der Waals surface area contributed by atoms with Gasteiger partial charge in [-0.3, -0.25) is 0 Å². The molecule has 0 aliphatic rings. The van der Waals surface area contributed by atoms with Crippen LogP contribution in [0.4, 0.5) is 5.82 Å². The van der Waals surface area contributed by atoms with Gasteiger partial charge >= 0.3 is 0 Å². The lowest BCUT2D eigenvalue weighted by molar-refractivity contribution is 0.446. The van der Waals surface area contributed by atoms with Gasteiger partial charge in [0.05, 0.1) is 5.02 Å². The van der Waals surface area contributed by atoms with Crippen LogP contribution >= 0.6 is 23.2 Å². The number of hydrogen-bond donors (Lipinski definition) is 1. The Morgan fingerprint density at radius 2 is 1.81 bits per heavy atom. The summed E-state index contributed by atoms with van der Waals surface area (Å²) in [6, 6.07) is 6.78. The predicted molar refractivity (Wildman–Crippen MR) is 86.8 cm³/mol. The van der Waals surface area contributed by atoms with Crippen LogP contribution in [0.2, 0.25) is 10.0 Å². The number of benzene rings is 1. The highest BCUT2D eigenvalue weighted by molar-refractivity contribution is 6.35. The van der Waals surface area contributed by atoms with Crippen LogP contribution in [0.5, 0.6) is 11.6 Å². The van der Waals surface area contributed by atoms with Gasteiger partial charge in [-0.1, -0.05) is 44.0 Å². The summed E-state index contributed by atoms with van der Waals surface area (Å²) in [5, 5.41) is 4.00. The van der Waals surface area contributed by atoms with Crippen LogP contribution in [0.15, 0.2) is 24.3 Å². The Labute approximate surface area is 134 Å². The van der Waals surface area contributed by atoms with E-state index >= 15 is 0 Å². The van der Waals surface area contributed by atoms with Crippen molar-refractivity contribution in [2.75, 3.05) is 12.4 Å². The van der Waals surface area contributed by atoms with Crippen LogP contribution in [0.1, 0.15) is 26.6 Å². The highest BCUT2D eigenvalue weighted by Gasteiger charge is 2.20. The molecule has 4 nitrogen and oxygen atoms in total. The lowest BCUT2D eigenvalue weighted by Gasteiger charge is -2.18. The smallest absolute Gasteiger partial charge is 0.224 e. The Morgan fingerprint density at radius 1 is 1.10 bits per heavy atom. The molecule has 112 valence electrons. The fraction of sp³-hybridized carbons (Fsp3) is 0.333. The zero-order valence-corrected chi connectivity index (χ0v) is 13.9. The van der Waals surface area contributed by atoms with Crippen molar-refractivity contribution in [3.05, 3.63) is 40.1 Å². The second-order valence-corrected chi connectivity index (χ2v) is 6.44. The first-order chi connectivity index (χ1) is 9.79. The summed E-state index contributed by atoms with van der Waals surface area (Å²) < 4.78 is 5.76. The third-order valence-corrected chi connectivity index (χ3v) is 3.27. The lowest BCUT2D eigenvalue weighted by atomic mass is 9.96. The number of halogens is 2. The molecule has 1 heterocycles. The minimum Gasteiger partial charge on any atom is -0.437 e. The normalized spacial score (nSPS) is 11.3. The summed E-state index contributed by atoms with van der Waals surface area (Å²) in [4.78, 5) is 8.89. The van der Waals surface area contributed by atoms with Crippen LogP contribution in [0, 0.1) is 0 Å². The minimum atomic E-state index is -0.186. The van der Waals surface area contributed by atoms with E-state index in [-0.39, 0.29) is 5.41 Å². The molecule has 6 heteroatoms. The van der Waals surface area contributed by atoms with Crippen molar-refractivity contribution in [3.8, 4) is 11.6 Å². The van der Waals surface area contributed by atoms with Crippen molar-refractivity contribution in [1.82, 2.24) is 9.97 Å². The number of hydrogen-bond acceptors (Lipinski definition) is 4. The summed E-state index contributed by atoms with van der Waals surface area (Å²) in [5.74, 6) is 2.31. The molecule has 1 N–H and O–H groups in total. The fourth-order valence-electron chi connectivity index (χ4n) is 1.61. The Kier molecular flexibility index (Phi) is 4.59. The molecule has 0 amide bonds. The third kappa shape index (κ3) is 3.99. The van der Waals surface area contributed by atoms with Crippen molar-refractivity contribution < 1.29 is 4.74 Å². The van der Waals surface area contributed by atoms with Crippen molar-refractivity contribution >= 4 is 29.0 Å². The summed E-state index contributed by atoms with van der Waals surface area (Å²) in [5.41, 5.74) is -0.186. The Bertz CT molecular complexity index is 654. The zero-order chi connectivity index (χ0) is 15.6. The Morgan fingerprint density at radius 3 is 2.38 bits per heavy atom. The molecule has 0 radical (unpaired) electrons. The first-order valence-corrected chi connectivity index (χ1v) is 7.25. The molecule has 0 fully saturated rings. The van der Waals surface area contributed by atoms with Crippen LogP contribution in [0.25, 0.3) is 0 Å².